The second kappa shape index (κ2) is 8.41. The first-order chi connectivity index (χ1) is 11.7. The van der Waals surface area contributed by atoms with Crippen LogP contribution in [0.1, 0.15) is 30.4 Å². The van der Waals surface area contributed by atoms with E-state index in [0.717, 1.165) is 49.7 Å². The van der Waals surface area contributed by atoms with Crippen molar-refractivity contribution >= 4 is 23.0 Å². The first-order valence-corrected chi connectivity index (χ1v) is 9.19. The molecule has 1 aliphatic rings. The monoisotopic (exact) mass is 343 g/mol. The quantitative estimate of drug-likeness (QED) is 0.583. The molecule has 128 valence electrons. The predicted octanol–water partition coefficient (Wildman–Crippen LogP) is 4.24. The fourth-order valence-corrected chi connectivity index (χ4v) is 3.38. The van der Waals surface area contributed by atoms with E-state index in [1.165, 1.54) is 29.7 Å². The van der Waals surface area contributed by atoms with Crippen molar-refractivity contribution in [2.75, 3.05) is 30.3 Å². The van der Waals surface area contributed by atoms with Gasteiger partial charge in [0, 0.05) is 24.7 Å². The third-order valence-corrected chi connectivity index (χ3v) is 4.85. The number of anilines is 2. The van der Waals surface area contributed by atoms with Crippen LogP contribution in [0.2, 0.25) is 5.02 Å². The molecule has 4 heteroatoms. The van der Waals surface area contributed by atoms with E-state index in [0.29, 0.717) is 0 Å². The molecule has 0 atom stereocenters. The van der Waals surface area contributed by atoms with Gasteiger partial charge in [-0.3, -0.25) is 0 Å². The Kier molecular flexibility index (Phi) is 6.00. The Morgan fingerprint density at radius 1 is 1.00 bits per heavy atom. The summed E-state index contributed by atoms with van der Waals surface area (Å²) in [4.78, 5) is 2.40. The summed E-state index contributed by atoms with van der Waals surface area (Å²) in [6, 6.07) is 14.6. The lowest BCUT2D eigenvalue weighted by Crippen LogP contribution is -2.19. The minimum atomic E-state index is 0.786. The van der Waals surface area contributed by atoms with Crippen LogP contribution < -0.4 is 16.0 Å². The van der Waals surface area contributed by atoms with Crippen molar-refractivity contribution in [1.82, 2.24) is 5.32 Å². The Hall–Kier alpha value is -1.71. The Morgan fingerprint density at radius 3 is 2.42 bits per heavy atom. The Bertz CT molecular complexity index is 648. The molecule has 0 bridgehead atoms. The molecule has 0 radical (unpaired) electrons. The van der Waals surface area contributed by atoms with Gasteiger partial charge in [-0.1, -0.05) is 29.8 Å². The van der Waals surface area contributed by atoms with Crippen molar-refractivity contribution in [3.63, 3.8) is 0 Å². The van der Waals surface area contributed by atoms with Gasteiger partial charge < -0.3 is 16.0 Å². The van der Waals surface area contributed by atoms with Crippen LogP contribution in [0.3, 0.4) is 0 Å². The van der Waals surface area contributed by atoms with Crippen LogP contribution in [-0.2, 0) is 13.0 Å². The lowest BCUT2D eigenvalue weighted by molar-refractivity contribution is 0.649. The molecule has 0 saturated carbocycles. The Balaban J connectivity index is 1.41. The van der Waals surface area contributed by atoms with Crippen LogP contribution in [0.15, 0.2) is 42.5 Å². The molecule has 1 heterocycles. The SMILES string of the molecule is Nc1cc(CCCNCc2ccc(Cl)cc2)ccc1N1CCCC1. The molecule has 1 aliphatic heterocycles. The minimum Gasteiger partial charge on any atom is -0.397 e. The average Bonchev–Trinajstić information content (AvgIpc) is 3.10. The van der Waals surface area contributed by atoms with E-state index in [2.05, 4.69) is 40.5 Å². The molecule has 0 aliphatic carbocycles. The number of nitrogens with zero attached hydrogens (tertiary/aromatic N) is 1. The number of benzene rings is 2. The fraction of sp³-hybridized carbons (Fsp3) is 0.400. The van der Waals surface area contributed by atoms with Crippen LogP contribution in [0.25, 0.3) is 0 Å². The van der Waals surface area contributed by atoms with Crippen LogP contribution in [-0.4, -0.2) is 19.6 Å². The number of nitrogens with one attached hydrogen (secondary N) is 1. The summed E-state index contributed by atoms with van der Waals surface area (Å²) in [5.41, 5.74) is 11.0. The second-order valence-corrected chi connectivity index (χ2v) is 6.93. The van der Waals surface area contributed by atoms with Gasteiger partial charge in [0.2, 0.25) is 0 Å². The summed E-state index contributed by atoms with van der Waals surface area (Å²) >= 11 is 5.89. The molecule has 24 heavy (non-hydrogen) atoms. The van der Waals surface area contributed by atoms with Crippen molar-refractivity contribution in [2.24, 2.45) is 0 Å². The normalized spacial score (nSPS) is 14.3. The topological polar surface area (TPSA) is 41.3 Å². The highest BCUT2D eigenvalue weighted by Crippen LogP contribution is 2.27. The smallest absolute Gasteiger partial charge is 0.0600 e. The van der Waals surface area contributed by atoms with Crippen molar-refractivity contribution in [3.8, 4) is 0 Å². The lowest BCUT2D eigenvalue weighted by Gasteiger charge is -2.20. The van der Waals surface area contributed by atoms with Gasteiger partial charge in [0.25, 0.3) is 0 Å². The van der Waals surface area contributed by atoms with Crippen LogP contribution in [0.4, 0.5) is 11.4 Å². The molecule has 0 aromatic heterocycles. The molecule has 3 rings (SSSR count). The van der Waals surface area contributed by atoms with E-state index in [4.69, 9.17) is 17.3 Å². The molecule has 0 unspecified atom stereocenters. The Morgan fingerprint density at radius 2 is 1.71 bits per heavy atom. The molecular weight excluding hydrogens is 318 g/mol. The number of hydrogen-bond donors (Lipinski definition) is 2. The maximum Gasteiger partial charge on any atom is 0.0600 e. The summed E-state index contributed by atoms with van der Waals surface area (Å²) in [5.74, 6) is 0. The van der Waals surface area contributed by atoms with Gasteiger partial charge in [0.15, 0.2) is 0 Å². The molecular formula is C20H26ClN3. The highest BCUT2D eigenvalue weighted by atomic mass is 35.5. The highest BCUT2D eigenvalue weighted by Gasteiger charge is 2.14. The van der Waals surface area contributed by atoms with Crippen LogP contribution in [0.5, 0.6) is 0 Å². The summed E-state index contributed by atoms with van der Waals surface area (Å²) in [5, 5.41) is 4.27. The number of aryl methyl sites for hydroxylation is 1. The zero-order chi connectivity index (χ0) is 16.8. The summed E-state index contributed by atoms with van der Waals surface area (Å²) in [6.45, 7) is 4.15. The predicted molar refractivity (Wildman–Crippen MR) is 104 cm³/mol. The lowest BCUT2D eigenvalue weighted by atomic mass is 10.1. The van der Waals surface area contributed by atoms with E-state index in [1.807, 2.05) is 12.1 Å². The molecule has 1 fully saturated rings. The zero-order valence-electron chi connectivity index (χ0n) is 14.1. The Labute approximate surface area is 149 Å². The van der Waals surface area contributed by atoms with Gasteiger partial charge in [-0.15, -0.1) is 0 Å². The van der Waals surface area contributed by atoms with Gasteiger partial charge in [0.1, 0.15) is 0 Å². The maximum absolute atomic E-state index is 6.25. The molecule has 2 aromatic rings. The minimum absolute atomic E-state index is 0.786. The summed E-state index contributed by atoms with van der Waals surface area (Å²) in [6.07, 6.45) is 4.72. The molecule has 0 spiro atoms. The van der Waals surface area contributed by atoms with Crippen LogP contribution in [0, 0.1) is 0 Å². The van der Waals surface area contributed by atoms with Crippen molar-refractivity contribution < 1.29 is 0 Å². The first-order valence-electron chi connectivity index (χ1n) is 8.81. The van der Waals surface area contributed by atoms with Crippen molar-refractivity contribution in [2.45, 2.75) is 32.2 Å². The van der Waals surface area contributed by atoms with Gasteiger partial charge in [-0.05, 0) is 67.6 Å². The molecule has 2 aromatic carbocycles. The second-order valence-electron chi connectivity index (χ2n) is 6.49. The number of rotatable bonds is 7. The highest BCUT2D eigenvalue weighted by molar-refractivity contribution is 6.30. The van der Waals surface area contributed by atoms with E-state index >= 15 is 0 Å². The molecule has 1 saturated heterocycles. The van der Waals surface area contributed by atoms with E-state index in [9.17, 15) is 0 Å². The average molecular weight is 344 g/mol. The van der Waals surface area contributed by atoms with Gasteiger partial charge in [0.05, 0.1) is 11.4 Å². The van der Waals surface area contributed by atoms with Crippen LogP contribution >= 0.6 is 11.6 Å². The first kappa shape index (κ1) is 17.1. The van der Waals surface area contributed by atoms with E-state index < -0.39 is 0 Å². The van der Waals surface area contributed by atoms with Crippen molar-refractivity contribution in [1.29, 1.82) is 0 Å². The number of hydrogen-bond acceptors (Lipinski definition) is 3. The van der Waals surface area contributed by atoms with Crippen molar-refractivity contribution in [3.05, 3.63) is 58.6 Å². The third-order valence-electron chi connectivity index (χ3n) is 4.60. The maximum atomic E-state index is 6.25. The van der Waals surface area contributed by atoms with Gasteiger partial charge in [-0.2, -0.15) is 0 Å². The fourth-order valence-electron chi connectivity index (χ4n) is 3.26. The summed E-state index contributed by atoms with van der Waals surface area (Å²) < 4.78 is 0. The van der Waals surface area contributed by atoms with Gasteiger partial charge >= 0.3 is 0 Å². The van der Waals surface area contributed by atoms with Gasteiger partial charge in [-0.25, -0.2) is 0 Å². The van der Waals surface area contributed by atoms with E-state index in [-0.39, 0.29) is 0 Å². The number of nitrogens with two attached hydrogens (primary N) is 1. The van der Waals surface area contributed by atoms with E-state index in [1.54, 1.807) is 0 Å². The molecule has 3 nitrogen and oxygen atoms in total. The number of nitrogen functional groups attached to an aromatic ring is 1. The number of halogens is 1. The largest absolute Gasteiger partial charge is 0.397 e. The molecule has 0 amide bonds. The summed E-state index contributed by atoms with van der Waals surface area (Å²) in [7, 11) is 0. The molecule has 3 N–H and O–H groups in total. The zero-order valence-corrected chi connectivity index (χ0v) is 14.9. The third kappa shape index (κ3) is 4.65. The standard InChI is InChI=1S/C20H26ClN3/c21-18-8-5-17(6-9-18)15-23-11-3-4-16-7-10-20(19(22)14-16)24-12-1-2-13-24/h5-10,14,23H,1-4,11-13,15,22H2.